The van der Waals surface area contributed by atoms with Crippen LogP contribution in [-0.2, 0) is 6.42 Å². The molecule has 0 atom stereocenters. The van der Waals surface area contributed by atoms with Crippen LogP contribution in [0.2, 0.25) is 5.02 Å². The van der Waals surface area contributed by atoms with Crippen molar-refractivity contribution in [2.45, 2.75) is 19.8 Å². The molecule has 6 nitrogen and oxygen atoms in total. The van der Waals surface area contributed by atoms with Crippen molar-refractivity contribution in [1.29, 1.82) is 0 Å². The number of methoxy groups -OCH3 is 1. The van der Waals surface area contributed by atoms with Crippen molar-refractivity contribution in [2.24, 2.45) is 0 Å². The monoisotopic (exact) mass is 464 g/mol. The van der Waals surface area contributed by atoms with E-state index in [-0.39, 0.29) is 11.8 Å². The Morgan fingerprint density at radius 3 is 2.55 bits per heavy atom. The predicted octanol–water partition coefficient (Wildman–Crippen LogP) is 5.59. The molecular formula is C26H25ClN2O4. The van der Waals surface area contributed by atoms with Crippen molar-refractivity contribution in [1.82, 2.24) is 0 Å². The van der Waals surface area contributed by atoms with Gasteiger partial charge >= 0.3 is 0 Å². The lowest BCUT2D eigenvalue weighted by atomic mass is 10.1. The topological polar surface area (TPSA) is 67.9 Å². The molecule has 0 fully saturated rings. The van der Waals surface area contributed by atoms with Gasteiger partial charge in [0.15, 0.2) is 11.5 Å². The quantitative estimate of drug-likeness (QED) is 0.494. The Hall–Kier alpha value is -3.51. The molecule has 7 heteroatoms. The van der Waals surface area contributed by atoms with Gasteiger partial charge < -0.3 is 19.7 Å². The number of hydrogen-bond acceptors (Lipinski definition) is 4. The Kier molecular flexibility index (Phi) is 6.84. The second-order valence-electron chi connectivity index (χ2n) is 7.70. The maximum Gasteiger partial charge on any atom is 0.258 e. The summed E-state index contributed by atoms with van der Waals surface area (Å²) in [5.74, 6) is 0.415. The molecule has 1 aliphatic heterocycles. The van der Waals surface area contributed by atoms with Crippen LogP contribution in [0.3, 0.4) is 0 Å². The van der Waals surface area contributed by atoms with Crippen LogP contribution in [0, 0.1) is 0 Å². The molecule has 0 saturated carbocycles. The molecule has 1 heterocycles. The number of halogens is 1. The fraction of sp³-hybridized carbons (Fsp3) is 0.231. The fourth-order valence-corrected chi connectivity index (χ4v) is 4.06. The van der Waals surface area contributed by atoms with Gasteiger partial charge in [-0.15, -0.1) is 0 Å². The number of hydrogen-bond donors (Lipinski definition) is 1. The molecule has 0 aliphatic carbocycles. The first kappa shape index (κ1) is 22.7. The summed E-state index contributed by atoms with van der Waals surface area (Å²) in [5.41, 5.74) is 3.60. The van der Waals surface area contributed by atoms with Gasteiger partial charge in [-0.3, -0.25) is 9.59 Å². The third-order valence-corrected chi connectivity index (χ3v) is 5.74. The lowest BCUT2D eigenvalue weighted by Gasteiger charge is -2.17. The van der Waals surface area contributed by atoms with Crippen LogP contribution in [0.5, 0.6) is 11.5 Å². The molecule has 0 radical (unpaired) electrons. The number of carbonyl (C=O) groups excluding carboxylic acids is 2. The summed E-state index contributed by atoms with van der Waals surface area (Å²) in [6.45, 7) is 3.15. The predicted molar refractivity (Wildman–Crippen MR) is 130 cm³/mol. The summed E-state index contributed by atoms with van der Waals surface area (Å²) in [6.07, 6.45) is 1.68. The Balaban J connectivity index is 1.47. The number of benzene rings is 3. The van der Waals surface area contributed by atoms with Gasteiger partial charge in [0.2, 0.25) is 0 Å². The number of fused-ring (bicyclic) bond motifs is 1. The number of ether oxygens (including phenoxy) is 2. The maximum atomic E-state index is 13.0. The highest BCUT2D eigenvalue weighted by atomic mass is 35.5. The second kappa shape index (κ2) is 9.96. The third-order valence-electron chi connectivity index (χ3n) is 5.46. The number of nitrogens with zero attached hydrogens (tertiary/aromatic N) is 1. The Labute approximate surface area is 198 Å². The van der Waals surface area contributed by atoms with E-state index in [0.717, 1.165) is 18.5 Å². The van der Waals surface area contributed by atoms with Gasteiger partial charge in [-0.05, 0) is 60.9 Å². The number of anilines is 2. The molecule has 170 valence electrons. The van der Waals surface area contributed by atoms with Crippen LogP contribution >= 0.6 is 11.6 Å². The fourth-order valence-electron chi connectivity index (χ4n) is 3.80. The van der Waals surface area contributed by atoms with Crippen LogP contribution in [-0.4, -0.2) is 32.1 Å². The Bertz CT molecular complexity index is 1180. The first-order chi connectivity index (χ1) is 16.0. The second-order valence-corrected chi connectivity index (χ2v) is 8.11. The summed E-state index contributed by atoms with van der Waals surface area (Å²) in [5, 5.41) is 3.14. The van der Waals surface area contributed by atoms with Gasteiger partial charge in [-0.25, -0.2) is 0 Å². The molecule has 2 amide bonds. The number of nitrogens with one attached hydrogen (secondary N) is 1. The van der Waals surface area contributed by atoms with Crippen LogP contribution < -0.4 is 19.7 Å². The minimum absolute atomic E-state index is 0.0583. The first-order valence-corrected chi connectivity index (χ1v) is 11.2. The normalized spacial score (nSPS) is 12.3. The van der Waals surface area contributed by atoms with E-state index in [1.165, 1.54) is 12.7 Å². The van der Waals surface area contributed by atoms with E-state index in [9.17, 15) is 9.59 Å². The van der Waals surface area contributed by atoms with Crippen molar-refractivity contribution in [3.05, 3.63) is 82.4 Å². The van der Waals surface area contributed by atoms with E-state index < -0.39 is 0 Å². The lowest BCUT2D eigenvalue weighted by molar-refractivity contribution is 0.0988. The molecule has 0 spiro atoms. The molecule has 1 aliphatic rings. The highest BCUT2D eigenvalue weighted by Gasteiger charge is 2.25. The largest absolute Gasteiger partial charge is 0.493 e. The zero-order valence-electron chi connectivity index (χ0n) is 18.6. The lowest BCUT2D eigenvalue weighted by Crippen LogP contribution is -2.28. The van der Waals surface area contributed by atoms with Crippen LogP contribution in [0.15, 0.2) is 60.7 Å². The Morgan fingerprint density at radius 1 is 1.06 bits per heavy atom. The highest BCUT2D eigenvalue weighted by molar-refractivity contribution is 6.32. The molecule has 3 aromatic rings. The van der Waals surface area contributed by atoms with E-state index >= 15 is 0 Å². The summed E-state index contributed by atoms with van der Waals surface area (Å²) >= 11 is 6.32. The van der Waals surface area contributed by atoms with Gasteiger partial charge in [0, 0.05) is 29.0 Å². The van der Waals surface area contributed by atoms with Crippen molar-refractivity contribution < 1.29 is 19.1 Å². The van der Waals surface area contributed by atoms with Gasteiger partial charge in [-0.2, -0.15) is 0 Å². The standard InChI is InChI=1S/C26H25ClN2O4/c1-3-14-33-24-21(27)15-19(16-23(24)32-2)25(30)28-20-10-8-18(9-11-20)26(31)29-13-12-17-6-4-5-7-22(17)29/h4-11,15-16H,3,12-14H2,1-2H3,(H,28,30). The highest BCUT2D eigenvalue weighted by Crippen LogP contribution is 2.37. The summed E-state index contributed by atoms with van der Waals surface area (Å²) in [6, 6.07) is 17.9. The summed E-state index contributed by atoms with van der Waals surface area (Å²) in [4.78, 5) is 27.6. The van der Waals surface area contributed by atoms with E-state index in [0.29, 0.717) is 46.5 Å². The molecule has 33 heavy (non-hydrogen) atoms. The van der Waals surface area contributed by atoms with E-state index in [1.54, 1.807) is 41.3 Å². The average Bonchev–Trinajstić information content (AvgIpc) is 3.27. The molecule has 0 aromatic heterocycles. The van der Waals surface area contributed by atoms with E-state index in [2.05, 4.69) is 5.32 Å². The van der Waals surface area contributed by atoms with Crippen molar-refractivity contribution in [3.63, 3.8) is 0 Å². The van der Waals surface area contributed by atoms with E-state index in [4.69, 9.17) is 21.1 Å². The van der Waals surface area contributed by atoms with Crippen molar-refractivity contribution in [3.8, 4) is 11.5 Å². The minimum atomic E-state index is -0.343. The molecule has 3 aromatic carbocycles. The third kappa shape index (κ3) is 4.81. The SMILES string of the molecule is CCCOc1c(Cl)cc(C(=O)Nc2ccc(C(=O)N3CCc4ccccc43)cc2)cc1OC. The number of carbonyl (C=O) groups is 2. The summed E-state index contributed by atoms with van der Waals surface area (Å²) in [7, 11) is 1.50. The molecule has 0 saturated heterocycles. The van der Waals surface area contributed by atoms with Crippen LogP contribution in [0.25, 0.3) is 0 Å². The molecule has 4 rings (SSSR count). The van der Waals surface area contributed by atoms with Gasteiger partial charge in [0.1, 0.15) is 0 Å². The first-order valence-electron chi connectivity index (χ1n) is 10.8. The minimum Gasteiger partial charge on any atom is -0.493 e. The maximum absolute atomic E-state index is 13.0. The van der Waals surface area contributed by atoms with Crippen molar-refractivity contribution >= 4 is 34.8 Å². The molecule has 0 bridgehead atoms. The number of amides is 2. The zero-order chi connectivity index (χ0) is 23.4. The van der Waals surface area contributed by atoms with Crippen LogP contribution in [0.4, 0.5) is 11.4 Å². The Morgan fingerprint density at radius 2 is 1.82 bits per heavy atom. The molecule has 0 unspecified atom stereocenters. The average molecular weight is 465 g/mol. The number of rotatable bonds is 7. The summed E-state index contributed by atoms with van der Waals surface area (Å²) < 4.78 is 11.0. The van der Waals surface area contributed by atoms with Gasteiger partial charge in [0.05, 0.1) is 18.7 Å². The number of para-hydroxylation sites is 1. The molecule has 1 N–H and O–H groups in total. The van der Waals surface area contributed by atoms with Gasteiger partial charge in [0.25, 0.3) is 11.8 Å². The zero-order valence-corrected chi connectivity index (χ0v) is 19.3. The van der Waals surface area contributed by atoms with E-state index in [1.807, 2.05) is 31.2 Å². The molecular weight excluding hydrogens is 440 g/mol. The van der Waals surface area contributed by atoms with Gasteiger partial charge in [-0.1, -0.05) is 36.7 Å². The smallest absolute Gasteiger partial charge is 0.258 e. The van der Waals surface area contributed by atoms with Crippen LogP contribution in [0.1, 0.15) is 39.6 Å². The van der Waals surface area contributed by atoms with Crippen molar-refractivity contribution in [2.75, 3.05) is 30.5 Å².